The standard InChI is InChI=1S/C31H48FN3O8/c1-2-3-4-5-6-7-8-9-10-11-12-13-17-20-26(32)35(42)30(40)27(37)25(22-36)43-31(30,41)34-21-24(28(38)33-29(34)39)23-18-15-14-16-19-23/h14-16,18-19,21,25-27,36-37,40-42H,2-13,17,20,22H2,1H3,(H,33,38,39)/t25-,26?,27-,30-,31-/m1/s1. The Hall–Kier alpha value is -2.45. The molecule has 12 heteroatoms. The second-order valence-corrected chi connectivity index (χ2v) is 11.5. The molecule has 1 aliphatic rings. The molecule has 242 valence electrons. The number of hydrogen-bond donors (Lipinski definition) is 6. The molecule has 1 unspecified atom stereocenters. The minimum absolute atomic E-state index is 0.116. The van der Waals surface area contributed by atoms with Crippen molar-refractivity contribution >= 4 is 0 Å². The van der Waals surface area contributed by atoms with Gasteiger partial charge < -0.3 is 30.4 Å². The lowest BCUT2D eigenvalue weighted by atomic mass is 9.99. The summed E-state index contributed by atoms with van der Waals surface area (Å²) in [5.41, 5.74) is -5.20. The Morgan fingerprint density at radius 1 is 0.953 bits per heavy atom. The van der Waals surface area contributed by atoms with Crippen molar-refractivity contribution in [3.63, 3.8) is 0 Å². The summed E-state index contributed by atoms with van der Waals surface area (Å²) in [7, 11) is 0. The van der Waals surface area contributed by atoms with E-state index < -0.39 is 48.0 Å². The molecule has 0 amide bonds. The Kier molecular flexibility index (Phi) is 13.5. The summed E-state index contributed by atoms with van der Waals surface area (Å²) in [5, 5.41) is 54.1. The lowest BCUT2D eigenvalue weighted by molar-refractivity contribution is -0.428. The number of H-pyrrole nitrogens is 1. The van der Waals surface area contributed by atoms with Gasteiger partial charge in [0.15, 0.2) is 6.30 Å². The van der Waals surface area contributed by atoms with Crippen LogP contribution in [0.3, 0.4) is 0 Å². The fraction of sp³-hybridized carbons (Fsp3) is 0.677. The van der Waals surface area contributed by atoms with E-state index in [0.29, 0.717) is 23.0 Å². The van der Waals surface area contributed by atoms with Gasteiger partial charge in [-0.3, -0.25) is 9.78 Å². The number of hydroxylamine groups is 2. The number of aromatic nitrogens is 2. The van der Waals surface area contributed by atoms with E-state index in [1.54, 1.807) is 30.3 Å². The van der Waals surface area contributed by atoms with Gasteiger partial charge in [-0.1, -0.05) is 114 Å². The molecular formula is C31H48FN3O8. The number of rotatable bonds is 19. The quantitative estimate of drug-likeness (QED) is 0.0602. The van der Waals surface area contributed by atoms with Gasteiger partial charge >= 0.3 is 11.6 Å². The van der Waals surface area contributed by atoms with E-state index in [-0.39, 0.29) is 17.0 Å². The molecule has 43 heavy (non-hydrogen) atoms. The predicted octanol–water partition coefficient (Wildman–Crippen LogP) is 3.71. The van der Waals surface area contributed by atoms with Crippen LogP contribution in [0.2, 0.25) is 0 Å². The van der Waals surface area contributed by atoms with Gasteiger partial charge in [0.1, 0.15) is 12.2 Å². The third-order valence-electron chi connectivity index (χ3n) is 8.25. The maximum Gasteiger partial charge on any atom is 0.332 e. The first-order valence-electron chi connectivity index (χ1n) is 15.6. The minimum Gasteiger partial charge on any atom is -0.394 e. The van der Waals surface area contributed by atoms with Gasteiger partial charge in [-0.05, 0) is 18.4 Å². The normalized spacial score (nSPS) is 24.6. The molecule has 0 bridgehead atoms. The Balaban J connectivity index is 1.63. The zero-order valence-electron chi connectivity index (χ0n) is 25.0. The van der Waals surface area contributed by atoms with Gasteiger partial charge in [-0.2, -0.15) is 0 Å². The highest BCUT2D eigenvalue weighted by atomic mass is 19.1. The molecule has 2 heterocycles. The van der Waals surface area contributed by atoms with Gasteiger partial charge in [0.25, 0.3) is 5.56 Å². The summed E-state index contributed by atoms with van der Waals surface area (Å²) in [6.07, 6.45) is 8.44. The van der Waals surface area contributed by atoms with Crippen molar-refractivity contribution in [3.05, 3.63) is 57.4 Å². The van der Waals surface area contributed by atoms with Gasteiger partial charge in [-0.15, -0.1) is 5.06 Å². The molecule has 0 radical (unpaired) electrons. The number of aliphatic hydroxyl groups excluding tert-OH is 2. The highest BCUT2D eigenvalue weighted by Gasteiger charge is 2.71. The van der Waals surface area contributed by atoms with Crippen LogP contribution in [0.5, 0.6) is 0 Å². The van der Waals surface area contributed by atoms with Crippen LogP contribution < -0.4 is 11.2 Å². The van der Waals surface area contributed by atoms with Gasteiger partial charge in [0.2, 0.25) is 5.72 Å². The van der Waals surface area contributed by atoms with Crippen molar-refractivity contribution in [2.24, 2.45) is 0 Å². The summed E-state index contributed by atoms with van der Waals surface area (Å²) in [6, 6.07) is 8.08. The molecule has 1 fully saturated rings. The second kappa shape index (κ2) is 16.6. The third kappa shape index (κ3) is 8.18. The van der Waals surface area contributed by atoms with Crippen LogP contribution in [-0.2, 0) is 10.6 Å². The first kappa shape index (κ1) is 35.0. The van der Waals surface area contributed by atoms with Crippen molar-refractivity contribution in [3.8, 4) is 11.1 Å². The molecule has 5 atom stereocenters. The molecule has 1 aromatic carbocycles. The van der Waals surface area contributed by atoms with Crippen LogP contribution in [0.25, 0.3) is 11.1 Å². The second-order valence-electron chi connectivity index (χ2n) is 11.5. The fourth-order valence-electron chi connectivity index (χ4n) is 5.66. The van der Waals surface area contributed by atoms with Crippen molar-refractivity contribution in [1.82, 2.24) is 14.6 Å². The van der Waals surface area contributed by atoms with Crippen LogP contribution in [0.4, 0.5) is 4.39 Å². The van der Waals surface area contributed by atoms with E-state index in [1.807, 2.05) is 4.98 Å². The molecule has 11 nitrogen and oxygen atoms in total. The van der Waals surface area contributed by atoms with E-state index in [9.17, 15) is 35.2 Å². The maximum absolute atomic E-state index is 15.3. The molecule has 0 saturated carbocycles. The number of aromatic amines is 1. The molecule has 1 saturated heterocycles. The van der Waals surface area contributed by atoms with Crippen molar-refractivity contribution < 1.29 is 34.8 Å². The molecule has 1 aliphatic heterocycles. The summed E-state index contributed by atoms with van der Waals surface area (Å²) in [5.74, 6) is -3.31. The monoisotopic (exact) mass is 609 g/mol. The Morgan fingerprint density at radius 3 is 2.02 bits per heavy atom. The Labute approximate surface area is 251 Å². The van der Waals surface area contributed by atoms with E-state index >= 15 is 4.39 Å². The molecule has 3 rings (SSSR count). The zero-order valence-corrected chi connectivity index (χ0v) is 25.0. The number of aliphatic hydroxyl groups is 4. The topological polar surface area (TPSA) is 168 Å². The molecule has 6 N–H and O–H groups in total. The van der Waals surface area contributed by atoms with Crippen LogP contribution in [0.15, 0.2) is 46.1 Å². The van der Waals surface area contributed by atoms with Crippen LogP contribution in [0.1, 0.15) is 96.8 Å². The first-order chi connectivity index (χ1) is 20.6. The Morgan fingerprint density at radius 2 is 1.49 bits per heavy atom. The number of ether oxygens (including phenoxy) is 1. The highest BCUT2D eigenvalue weighted by Crippen LogP contribution is 2.44. The first-order valence-corrected chi connectivity index (χ1v) is 15.6. The molecule has 0 spiro atoms. The number of nitrogens with one attached hydrogen (secondary N) is 1. The lowest BCUT2D eigenvalue weighted by Crippen LogP contribution is -2.69. The predicted molar refractivity (Wildman–Crippen MR) is 159 cm³/mol. The number of halogens is 1. The number of alkyl halides is 1. The smallest absolute Gasteiger partial charge is 0.332 e. The van der Waals surface area contributed by atoms with E-state index in [2.05, 4.69) is 6.92 Å². The summed E-state index contributed by atoms with van der Waals surface area (Å²) >= 11 is 0. The van der Waals surface area contributed by atoms with E-state index in [0.717, 1.165) is 31.9 Å². The van der Waals surface area contributed by atoms with E-state index in [1.165, 1.54) is 44.9 Å². The average molecular weight is 610 g/mol. The Bertz CT molecular complexity index is 1230. The number of unbranched alkanes of at least 4 members (excludes halogenated alkanes) is 12. The minimum atomic E-state index is -3.34. The molecule has 2 aromatic rings. The SMILES string of the molecule is CCCCCCCCCCCCCCCC(F)N(O)[C@@]1(O)[C@H](O)[C@@H](CO)O[C@@]1(O)n1cc(-c2ccccc2)c(=O)[nH]c1=O. The van der Waals surface area contributed by atoms with Crippen LogP contribution in [0, 0.1) is 0 Å². The van der Waals surface area contributed by atoms with Gasteiger partial charge in [-0.25, -0.2) is 13.8 Å². The number of hydrogen-bond acceptors (Lipinski definition) is 9. The van der Waals surface area contributed by atoms with Crippen molar-refractivity contribution in [2.75, 3.05) is 6.61 Å². The third-order valence-corrected chi connectivity index (χ3v) is 8.25. The maximum atomic E-state index is 15.3. The largest absolute Gasteiger partial charge is 0.394 e. The molecule has 0 aliphatic carbocycles. The van der Waals surface area contributed by atoms with Crippen molar-refractivity contribution in [2.45, 2.75) is 127 Å². The average Bonchev–Trinajstić information content (AvgIpc) is 3.21. The lowest BCUT2D eigenvalue weighted by Gasteiger charge is -2.43. The zero-order chi connectivity index (χ0) is 31.5. The van der Waals surface area contributed by atoms with Gasteiger partial charge in [0, 0.05) is 6.20 Å². The van der Waals surface area contributed by atoms with Crippen LogP contribution >= 0.6 is 0 Å². The van der Waals surface area contributed by atoms with Crippen molar-refractivity contribution in [1.29, 1.82) is 0 Å². The summed E-state index contributed by atoms with van der Waals surface area (Å²) in [6.45, 7) is 1.26. The number of nitrogens with zero attached hydrogens (tertiary/aromatic N) is 2. The highest BCUT2D eigenvalue weighted by molar-refractivity contribution is 5.61. The fourth-order valence-corrected chi connectivity index (χ4v) is 5.66. The molecular weight excluding hydrogens is 561 g/mol. The van der Waals surface area contributed by atoms with Crippen LogP contribution in [-0.4, -0.2) is 71.1 Å². The molecule has 1 aromatic heterocycles. The summed E-state index contributed by atoms with van der Waals surface area (Å²) in [4.78, 5) is 27.4. The van der Waals surface area contributed by atoms with Gasteiger partial charge in [0.05, 0.1) is 12.2 Å². The summed E-state index contributed by atoms with van der Waals surface area (Å²) < 4.78 is 21.0. The number of benzene rings is 1. The van der Waals surface area contributed by atoms with E-state index in [4.69, 9.17) is 4.74 Å².